The Hall–Kier alpha value is -1.08. The minimum Gasteiger partial charge on any atom is -0.329 e. The molecule has 0 saturated heterocycles. The zero-order chi connectivity index (χ0) is 7.56. The molecule has 0 aromatic carbocycles. The molecule has 0 spiro atoms. The van der Waals surface area contributed by atoms with Crippen molar-refractivity contribution in [2.75, 3.05) is 7.05 Å². The van der Waals surface area contributed by atoms with Gasteiger partial charge >= 0.3 is 0 Å². The molecule has 10 heavy (non-hydrogen) atoms. The number of nitrogens with zero attached hydrogens (tertiary/aromatic N) is 3. The van der Waals surface area contributed by atoms with Crippen molar-refractivity contribution >= 4 is 11.7 Å². The molecule has 0 amide bonds. The number of rotatable bonds is 1. The highest BCUT2D eigenvalue weighted by Gasteiger charge is 2.09. The summed E-state index contributed by atoms with van der Waals surface area (Å²) in [6, 6.07) is 0. The summed E-state index contributed by atoms with van der Waals surface area (Å²) < 4.78 is 0. The fourth-order valence-electron chi connectivity index (χ4n) is 0.852. The maximum Gasteiger partial charge on any atom is 0.135 e. The molecular weight excluding hydrogens is 126 g/mol. The maximum atomic E-state index is 3.94. The Balaban J connectivity index is 2.80. The topological polar surface area (TPSA) is 28.0 Å². The number of hydrogen-bond donors (Lipinski definition) is 0. The Morgan fingerprint density at radius 2 is 2.30 bits per heavy atom. The summed E-state index contributed by atoms with van der Waals surface area (Å²) in [7, 11) is 1.94. The molecule has 3 heteroatoms. The van der Waals surface area contributed by atoms with Gasteiger partial charge in [-0.1, -0.05) is 13.8 Å². The van der Waals surface area contributed by atoms with Crippen LogP contribution in [0.1, 0.15) is 13.8 Å². The van der Waals surface area contributed by atoms with Gasteiger partial charge in [0, 0.05) is 18.8 Å². The van der Waals surface area contributed by atoms with Crippen LogP contribution >= 0.6 is 0 Å². The van der Waals surface area contributed by atoms with Crippen molar-refractivity contribution in [2.45, 2.75) is 13.8 Å². The van der Waals surface area contributed by atoms with Gasteiger partial charge in [0.1, 0.15) is 5.84 Å². The van der Waals surface area contributed by atoms with Gasteiger partial charge in [0.15, 0.2) is 0 Å². The van der Waals surface area contributed by atoms with E-state index in [0.29, 0.717) is 5.92 Å². The van der Waals surface area contributed by atoms with Gasteiger partial charge in [0.25, 0.3) is 0 Å². The van der Waals surface area contributed by atoms with E-state index < -0.39 is 0 Å². The third-order valence-electron chi connectivity index (χ3n) is 1.34. The van der Waals surface area contributed by atoms with E-state index in [2.05, 4.69) is 29.9 Å². The first kappa shape index (κ1) is 7.03. The van der Waals surface area contributed by atoms with Crippen LogP contribution in [0.4, 0.5) is 0 Å². The highest BCUT2D eigenvalue weighted by atomic mass is 15.3. The van der Waals surface area contributed by atoms with Gasteiger partial charge in [-0.25, -0.2) is 0 Å². The van der Waals surface area contributed by atoms with Crippen LogP contribution in [0.5, 0.6) is 0 Å². The zero-order valence-corrected chi connectivity index (χ0v) is 6.50. The molecule has 0 aliphatic carbocycles. The normalized spacial score (nSPS) is 16.4. The molecule has 0 aromatic rings. The molecule has 0 bridgehead atoms. The van der Waals surface area contributed by atoms with E-state index in [0.717, 1.165) is 5.84 Å². The molecule has 0 fully saturated rings. The minimum atomic E-state index is 0.423. The van der Waals surface area contributed by atoms with Crippen LogP contribution in [0.15, 0.2) is 16.4 Å². The van der Waals surface area contributed by atoms with Gasteiger partial charge in [0.2, 0.25) is 0 Å². The van der Waals surface area contributed by atoms with Crippen LogP contribution in [0.2, 0.25) is 0 Å². The lowest BCUT2D eigenvalue weighted by Crippen LogP contribution is -2.27. The number of hydrogen-bond acceptors (Lipinski definition) is 3. The smallest absolute Gasteiger partial charge is 0.135 e. The van der Waals surface area contributed by atoms with Gasteiger partial charge in [0.05, 0.1) is 6.20 Å². The summed E-state index contributed by atoms with van der Waals surface area (Å²) in [5, 5.41) is 7.61. The lowest BCUT2D eigenvalue weighted by molar-refractivity contribution is 0.621. The van der Waals surface area contributed by atoms with E-state index in [4.69, 9.17) is 0 Å². The van der Waals surface area contributed by atoms with Gasteiger partial charge in [-0.3, -0.25) is 0 Å². The lowest BCUT2D eigenvalue weighted by atomic mass is 10.2. The van der Waals surface area contributed by atoms with Crippen molar-refractivity contribution in [3.05, 3.63) is 6.20 Å². The first-order chi connectivity index (χ1) is 4.72. The Kier molecular flexibility index (Phi) is 1.88. The molecule has 54 valence electrons. The Bertz CT molecular complexity index is 209. The average molecular weight is 137 g/mol. The van der Waals surface area contributed by atoms with Gasteiger partial charge in [-0.15, -0.1) is 10.2 Å². The first-order valence-corrected chi connectivity index (χ1v) is 3.31. The van der Waals surface area contributed by atoms with Crippen LogP contribution in [-0.4, -0.2) is 23.7 Å². The molecule has 0 saturated carbocycles. The summed E-state index contributed by atoms with van der Waals surface area (Å²) in [6.07, 6.45) is 1.78. The second-order valence-corrected chi connectivity index (χ2v) is 2.58. The molecule has 1 rings (SSSR count). The Labute approximate surface area is 60.8 Å². The lowest BCUT2D eigenvalue weighted by Gasteiger charge is -2.18. The average Bonchev–Trinajstić information content (AvgIpc) is 1.88. The quantitative estimate of drug-likeness (QED) is 0.531. The second-order valence-electron chi connectivity index (χ2n) is 2.58. The van der Waals surface area contributed by atoms with Crippen LogP contribution < -0.4 is 0 Å². The highest BCUT2D eigenvalue weighted by Crippen LogP contribution is 2.03. The van der Waals surface area contributed by atoms with Crippen LogP contribution in [0.3, 0.4) is 0 Å². The minimum absolute atomic E-state index is 0.423. The first-order valence-electron chi connectivity index (χ1n) is 3.31. The van der Waals surface area contributed by atoms with E-state index in [-0.39, 0.29) is 0 Å². The Morgan fingerprint density at radius 1 is 1.60 bits per heavy atom. The van der Waals surface area contributed by atoms with Gasteiger partial charge in [-0.05, 0) is 0 Å². The van der Waals surface area contributed by atoms with Crippen molar-refractivity contribution in [3.63, 3.8) is 0 Å². The van der Waals surface area contributed by atoms with Gasteiger partial charge < -0.3 is 4.90 Å². The summed E-state index contributed by atoms with van der Waals surface area (Å²) in [6.45, 7) is 4.17. The summed E-state index contributed by atoms with van der Waals surface area (Å²) in [5.74, 6) is 4.07. The fraction of sp³-hybridized carbons (Fsp3) is 0.571. The number of amidine groups is 1. The molecule has 0 atom stereocenters. The van der Waals surface area contributed by atoms with E-state index in [1.54, 1.807) is 6.20 Å². The molecule has 0 N–H and O–H groups in total. The third kappa shape index (κ3) is 1.25. The zero-order valence-electron chi connectivity index (χ0n) is 6.50. The van der Waals surface area contributed by atoms with E-state index in [1.165, 1.54) is 0 Å². The van der Waals surface area contributed by atoms with Crippen molar-refractivity contribution in [1.82, 2.24) is 4.90 Å². The van der Waals surface area contributed by atoms with Crippen LogP contribution in [0, 0.1) is 5.92 Å². The summed E-state index contributed by atoms with van der Waals surface area (Å²) >= 11 is 0. The predicted octanol–water partition coefficient (Wildman–Crippen LogP) is 1.08. The van der Waals surface area contributed by atoms with Gasteiger partial charge in [-0.2, -0.15) is 0 Å². The molecular formula is C7H11N3. The van der Waals surface area contributed by atoms with Crippen molar-refractivity contribution < 1.29 is 0 Å². The fourth-order valence-corrected chi connectivity index (χ4v) is 0.852. The van der Waals surface area contributed by atoms with Crippen LogP contribution in [0.25, 0.3) is 0 Å². The second kappa shape index (κ2) is 2.67. The van der Waals surface area contributed by atoms with E-state index >= 15 is 0 Å². The van der Waals surface area contributed by atoms with E-state index in [9.17, 15) is 0 Å². The Morgan fingerprint density at radius 3 is 2.70 bits per heavy atom. The molecule has 1 heterocycles. The van der Waals surface area contributed by atoms with Crippen molar-refractivity contribution in [1.29, 1.82) is 0 Å². The predicted molar refractivity (Wildman–Crippen MR) is 42.0 cm³/mol. The highest BCUT2D eigenvalue weighted by molar-refractivity contribution is 5.87. The molecule has 0 aromatic heterocycles. The standard InChI is InChI=1S/C7H11N3/c1-6(2)7-9-8-4-5-10(7)3/h5-6H,1-3H3. The molecule has 1 aliphatic heterocycles. The SMILES string of the molecule is CC(C)C1=NN=C=CN1C. The molecule has 1 aliphatic rings. The van der Waals surface area contributed by atoms with E-state index in [1.807, 2.05) is 11.9 Å². The van der Waals surface area contributed by atoms with Crippen molar-refractivity contribution in [3.8, 4) is 0 Å². The summed E-state index contributed by atoms with van der Waals surface area (Å²) in [4.78, 5) is 1.93. The summed E-state index contributed by atoms with van der Waals surface area (Å²) in [5.41, 5.74) is 0. The van der Waals surface area contributed by atoms with Crippen molar-refractivity contribution in [2.24, 2.45) is 16.1 Å². The van der Waals surface area contributed by atoms with Crippen LogP contribution in [-0.2, 0) is 0 Å². The maximum absolute atomic E-state index is 3.94. The third-order valence-corrected chi connectivity index (χ3v) is 1.34. The molecule has 3 nitrogen and oxygen atoms in total. The monoisotopic (exact) mass is 137 g/mol. The molecule has 0 radical (unpaired) electrons. The molecule has 0 unspecified atom stereocenters. The largest absolute Gasteiger partial charge is 0.329 e.